The van der Waals surface area contributed by atoms with Crippen molar-refractivity contribution in [2.45, 2.75) is 89.3 Å². The Morgan fingerprint density at radius 1 is 1.10 bits per heavy atom. The molecule has 1 saturated heterocycles. The van der Waals surface area contributed by atoms with Crippen molar-refractivity contribution in [2.24, 2.45) is 5.92 Å². The number of hydrogen-bond acceptors (Lipinski definition) is 3. The predicted octanol–water partition coefficient (Wildman–Crippen LogP) is 2.61. The predicted molar refractivity (Wildman–Crippen MR) is 81.7 cm³/mol. The fourth-order valence-electron chi connectivity index (χ4n) is 3.95. The van der Waals surface area contributed by atoms with Gasteiger partial charge in [0.15, 0.2) is 0 Å². The molecule has 3 rings (SSSR count). The number of carbonyl (C=O) groups is 2. The van der Waals surface area contributed by atoms with Crippen LogP contribution in [0.1, 0.15) is 71.1 Å². The standard InChI is InChI=1S/C17H28N2O2/c1-12(10-13-8-9-13)18-15-11-16(20)19(17(15)21)14-6-4-2-3-5-7-14/h12-15,18H,2-11H2,1H3. The van der Waals surface area contributed by atoms with Gasteiger partial charge in [-0.05, 0) is 32.1 Å². The molecule has 1 aliphatic heterocycles. The van der Waals surface area contributed by atoms with E-state index in [0.29, 0.717) is 12.5 Å². The molecule has 0 aromatic rings. The van der Waals surface area contributed by atoms with Crippen LogP contribution in [0.3, 0.4) is 0 Å². The second-order valence-corrected chi connectivity index (χ2v) is 7.25. The number of carbonyl (C=O) groups excluding carboxylic acids is 2. The average Bonchev–Trinajstić information content (AvgIpc) is 3.22. The van der Waals surface area contributed by atoms with Gasteiger partial charge in [-0.15, -0.1) is 0 Å². The lowest BCUT2D eigenvalue weighted by Crippen LogP contribution is -2.46. The van der Waals surface area contributed by atoms with Gasteiger partial charge in [-0.25, -0.2) is 0 Å². The maximum Gasteiger partial charge on any atom is 0.247 e. The molecule has 1 N–H and O–H groups in total. The molecule has 2 unspecified atom stereocenters. The summed E-state index contributed by atoms with van der Waals surface area (Å²) in [6.45, 7) is 2.14. The van der Waals surface area contributed by atoms with E-state index in [4.69, 9.17) is 0 Å². The summed E-state index contributed by atoms with van der Waals surface area (Å²) in [5.41, 5.74) is 0. The van der Waals surface area contributed by atoms with Crippen LogP contribution in [0.25, 0.3) is 0 Å². The number of nitrogens with one attached hydrogen (secondary N) is 1. The molecule has 1 heterocycles. The molecule has 0 spiro atoms. The van der Waals surface area contributed by atoms with Gasteiger partial charge in [-0.2, -0.15) is 0 Å². The van der Waals surface area contributed by atoms with E-state index >= 15 is 0 Å². The van der Waals surface area contributed by atoms with Gasteiger partial charge in [0.05, 0.1) is 12.5 Å². The second kappa shape index (κ2) is 6.47. The molecule has 0 radical (unpaired) electrons. The molecular weight excluding hydrogens is 264 g/mol. The lowest BCUT2D eigenvalue weighted by molar-refractivity contribution is -0.141. The highest BCUT2D eigenvalue weighted by molar-refractivity contribution is 6.05. The smallest absolute Gasteiger partial charge is 0.247 e. The Morgan fingerprint density at radius 3 is 2.38 bits per heavy atom. The van der Waals surface area contributed by atoms with E-state index in [-0.39, 0.29) is 23.9 Å². The SMILES string of the molecule is CC(CC1CC1)NC1CC(=O)N(C2CCCCCC2)C1=O. The fourth-order valence-corrected chi connectivity index (χ4v) is 3.95. The number of imide groups is 1. The van der Waals surface area contributed by atoms with Gasteiger partial charge >= 0.3 is 0 Å². The molecule has 2 atom stereocenters. The third kappa shape index (κ3) is 3.65. The minimum Gasteiger partial charge on any atom is -0.303 e. The number of rotatable bonds is 5. The first-order valence-electron chi connectivity index (χ1n) is 8.77. The molecule has 118 valence electrons. The van der Waals surface area contributed by atoms with Crippen LogP contribution in [0.2, 0.25) is 0 Å². The third-order valence-corrected chi connectivity index (χ3v) is 5.24. The molecule has 2 saturated carbocycles. The van der Waals surface area contributed by atoms with Crippen LogP contribution in [0.15, 0.2) is 0 Å². The van der Waals surface area contributed by atoms with Crippen molar-refractivity contribution in [3.8, 4) is 0 Å². The molecule has 4 nitrogen and oxygen atoms in total. The summed E-state index contributed by atoms with van der Waals surface area (Å²) in [6, 6.07) is 0.237. The summed E-state index contributed by atoms with van der Waals surface area (Å²) in [5.74, 6) is 0.926. The van der Waals surface area contributed by atoms with E-state index in [2.05, 4.69) is 12.2 Å². The summed E-state index contributed by atoms with van der Waals surface area (Å²) in [7, 11) is 0. The second-order valence-electron chi connectivity index (χ2n) is 7.25. The van der Waals surface area contributed by atoms with Gasteiger partial charge in [0.2, 0.25) is 11.8 Å². The van der Waals surface area contributed by atoms with Crippen molar-refractivity contribution >= 4 is 11.8 Å². The lowest BCUT2D eigenvalue weighted by atomic mass is 10.1. The maximum atomic E-state index is 12.6. The molecule has 0 aromatic carbocycles. The molecule has 2 aliphatic carbocycles. The van der Waals surface area contributed by atoms with Crippen LogP contribution in [0.4, 0.5) is 0 Å². The van der Waals surface area contributed by atoms with Crippen molar-refractivity contribution in [1.29, 1.82) is 0 Å². The minimum atomic E-state index is -0.269. The maximum absolute atomic E-state index is 12.6. The molecule has 3 aliphatic rings. The fraction of sp³-hybridized carbons (Fsp3) is 0.882. The first-order chi connectivity index (χ1) is 10.1. The molecule has 0 bridgehead atoms. The van der Waals surface area contributed by atoms with E-state index in [0.717, 1.165) is 38.0 Å². The Kier molecular flexibility index (Phi) is 4.63. The molecule has 4 heteroatoms. The molecule has 2 amide bonds. The quantitative estimate of drug-likeness (QED) is 0.626. The van der Waals surface area contributed by atoms with Crippen molar-refractivity contribution in [2.75, 3.05) is 0 Å². The summed E-state index contributed by atoms with van der Waals surface area (Å²) >= 11 is 0. The number of nitrogens with zero attached hydrogens (tertiary/aromatic N) is 1. The Morgan fingerprint density at radius 2 is 1.76 bits per heavy atom. The van der Waals surface area contributed by atoms with Crippen molar-refractivity contribution in [1.82, 2.24) is 10.2 Å². The summed E-state index contributed by atoms with van der Waals surface area (Å²) < 4.78 is 0. The Bertz CT molecular complexity index is 398. The van der Waals surface area contributed by atoms with Crippen LogP contribution in [0, 0.1) is 5.92 Å². The van der Waals surface area contributed by atoms with Crippen LogP contribution in [0.5, 0.6) is 0 Å². The van der Waals surface area contributed by atoms with E-state index in [1.165, 1.54) is 25.7 Å². The molecule has 0 aromatic heterocycles. The van der Waals surface area contributed by atoms with Gasteiger partial charge in [0, 0.05) is 12.1 Å². The largest absolute Gasteiger partial charge is 0.303 e. The summed E-state index contributed by atoms with van der Waals surface area (Å²) in [6.07, 6.45) is 11.0. The van der Waals surface area contributed by atoms with Gasteiger partial charge in [-0.3, -0.25) is 14.5 Å². The van der Waals surface area contributed by atoms with Crippen LogP contribution in [-0.2, 0) is 9.59 Å². The van der Waals surface area contributed by atoms with Gasteiger partial charge in [-0.1, -0.05) is 38.5 Å². The Labute approximate surface area is 127 Å². The highest BCUT2D eigenvalue weighted by atomic mass is 16.2. The molecule has 3 fully saturated rings. The topological polar surface area (TPSA) is 49.4 Å². The highest BCUT2D eigenvalue weighted by Crippen LogP contribution is 2.34. The number of hydrogen-bond donors (Lipinski definition) is 1. The highest BCUT2D eigenvalue weighted by Gasteiger charge is 2.42. The lowest BCUT2D eigenvalue weighted by Gasteiger charge is -2.26. The summed E-state index contributed by atoms with van der Waals surface area (Å²) in [5, 5.41) is 3.40. The van der Waals surface area contributed by atoms with E-state index in [1.54, 1.807) is 4.90 Å². The average molecular weight is 292 g/mol. The van der Waals surface area contributed by atoms with E-state index < -0.39 is 0 Å². The number of amides is 2. The third-order valence-electron chi connectivity index (χ3n) is 5.24. The monoisotopic (exact) mass is 292 g/mol. The van der Waals surface area contributed by atoms with Crippen LogP contribution < -0.4 is 5.32 Å². The van der Waals surface area contributed by atoms with Crippen molar-refractivity contribution < 1.29 is 9.59 Å². The number of likely N-dealkylation sites (tertiary alicyclic amines) is 1. The van der Waals surface area contributed by atoms with Gasteiger partial charge in [0.1, 0.15) is 0 Å². The molecular formula is C17H28N2O2. The Balaban J connectivity index is 1.58. The minimum absolute atomic E-state index is 0.0366. The normalized spacial score (nSPS) is 29.8. The van der Waals surface area contributed by atoms with Gasteiger partial charge in [0.25, 0.3) is 0 Å². The van der Waals surface area contributed by atoms with Crippen molar-refractivity contribution in [3.63, 3.8) is 0 Å². The van der Waals surface area contributed by atoms with E-state index in [9.17, 15) is 9.59 Å². The molecule has 21 heavy (non-hydrogen) atoms. The van der Waals surface area contributed by atoms with Crippen LogP contribution >= 0.6 is 0 Å². The van der Waals surface area contributed by atoms with Crippen molar-refractivity contribution in [3.05, 3.63) is 0 Å². The first-order valence-corrected chi connectivity index (χ1v) is 8.77. The van der Waals surface area contributed by atoms with Crippen LogP contribution in [-0.4, -0.2) is 34.8 Å². The zero-order valence-corrected chi connectivity index (χ0v) is 13.1. The first kappa shape index (κ1) is 15.0. The van der Waals surface area contributed by atoms with E-state index in [1.807, 2.05) is 0 Å². The summed E-state index contributed by atoms with van der Waals surface area (Å²) in [4.78, 5) is 26.5. The Hall–Kier alpha value is -0.900. The zero-order chi connectivity index (χ0) is 14.8. The van der Waals surface area contributed by atoms with Gasteiger partial charge < -0.3 is 5.32 Å². The zero-order valence-electron chi connectivity index (χ0n) is 13.1.